The van der Waals surface area contributed by atoms with Crippen LogP contribution in [-0.2, 0) is 11.8 Å². The van der Waals surface area contributed by atoms with Gasteiger partial charge < -0.3 is 24.0 Å². The van der Waals surface area contributed by atoms with Crippen molar-refractivity contribution in [1.82, 2.24) is 29.5 Å². The van der Waals surface area contributed by atoms with E-state index in [9.17, 15) is 9.59 Å². The van der Waals surface area contributed by atoms with Crippen molar-refractivity contribution in [2.75, 3.05) is 20.2 Å². The van der Waals surface area contributed by atoms with Gasteiger partial charge in [0.15, 0.2) is 11.5 Å². The molecule has 2 atom stereocenters. The fourth-order valence-corrected chi connectivity index (χ4v) is 5.12. The Hall–Kier alpha value is -4.67. The highest BCUT2D eigenvalue weighted by Crippen LogP contribution is 2.38. The molecular formula is C31H36N6O5. The van der Waals surface area contributed by atoms with Gasteiger partial charge in [-0.3, -0.25) is 4.68 Å². The Kier molecular flexibility index (Phi) is 7.77. The van der Waals surface area contributed by atoms with Crippen LogP contribution in [0.15, 0.2) is 55.0 Å². The molecule has 1 fully saturated rings. The summed E-state index contributed by atoms with van der Waals surface area (Å²) in [4.78, 5) is 38.6. The minimum atomic E-state index is -0.608. The number of fused-ring (bicyclic) bond motifs is 1. The molecule has 0 bridgehead atoms. The Morgan fingerprint density at radius 1 is 0.905 bits per heavy atom. The van der Waals surface area contributed by atoms with Crippen LogP contribution in [0.25, 0.3) is 33.4 Å². The second-order valence-electron chi connectivity index (χ2n) is 11.4. The lowest BCUT2D eigenvalue weighted by Gasteiger charge is -2.44. The van der Waals surface area contributed by atoms with Gasteiger partial charge in [0.2, 0.25) is 0 Å². The quantitative estimate of drug-likeness (QED) is 0.314. The van der Waals surface area contributed by atoms with Gasteiger partial charge in [-0.1, -0.05) is 30.3 Å². The van der Waals surface area contributed by atoms with Crippen LogP contribution in [0.3, 0.4) is 0 Å². The van der Waals surface area contributed by atoms with Gasteiger partial charge in [0.05, 0.1) is 30.4 Å². The Balaban J connectivity index is 1.45. The molecule has 11 heteroatoms. The SMILES string of the molecule is COc1cc2ncnc(-c3cn(C)nc3-c3ccccc3)c2cc1OC(=O)N1CCN(C(=O)OC(C)(C)C)[C@H](C)[C@@H]1C. The van der Waals surface area contributed by atoms with Gasteiger partial charge in [-0.15, -0.1) is 0 Å². The molecule has 0 radical (unpaired) electrons. The van der Waals surface area contributed by atoms with Crippen molar-refractivity contribution < 1.29 is 23.8 Å². The summed E-state index contributed by atoms with van der Waals surface area (Å²) in [6.45, 7) is 9.89. The maximum absolute atomic E-state index is 13.5. The predicted octanol–water partition coefficient (Wildman–Crippen LogP) is 5.53. The van der Waals surface area contributed by atoms with E-state index in [1.54, 1.807) is 26.6 Å². The zero-order chi connectivity index (χ0) is 30.2. The number of aromatic nitrogens is 4. The first kappa shape index (κ1) is 28.8. The summed E-state index contributed by atoms with van der Waals surface area (Å²) in [6, 6.07) is 12.7. The molecule has 0 aliphatic carbocycles. The first-order chi connectivity index (χ1) is 20.0. The fraction of sp³-hybridized carbons (Fsp3) is 0.387. The average Bonchev–Trinajstić information content (AvgIpc) is 3.34. The highest BCUT2D eigenvalue weighted by Gasteiger charge is 2.38. The highest BCUT2D eigenvalue weighted by molar-refractivity contribution is 5.97. The van der Waals surface area contributed by atoms with Crippen LogP contribution in [0.2, 0.25) is 0 Å². The third-order valence-corrected chi connectivity index (χ3v) is 7.37. The maximum Gasteiger partial charge on any atom is 0.415 e. The van der Waals surface area contributed by atoms with Crippen molar-refractivity contribution in [3.63, 3.8) is 0 Å². The Labute approximate surface area is 245 Å². The molecule has 0 N–H and O–H groups in total. The summed E-state index contributed by atoms with van der Waals surface area (Å²) in [6.07, 6.45) is 2.47. The molecule has 0 spiro atoms. The molecule has 3 heterocycles. The van der Waals surface area contributed by atoms with Crippen molar-refractivity contribution in [1.29, 1.82) is 0 Å². The normalized spacial score (nSPS) is 17.3. The number of benzene rings is 2. The van der Waals surface area contributed by atoms with Crippen molar-refractivity contribution in [2.45, 2.75) is 52.3 Å². The van der Waals surface area contributed by atoms with E-state index < -0.39 is 17.8 Å². The number of aryl methyl sites for hydroxylation is 1. The van der Waals surface area contributed by atoms with Crippen LogP contribution in [0.5, 0.6) is 11.5 Å². The second-order valence-corrected chi connectivity index (χ2v) is 11.4. The van der Waals surface area contributed by atoms with E-state index in [0.717, 1.165) is 16.8 Å². The van der Waals surface area contributed by atoms with Crippen molar-refractivity contribution in [2.24, 2.45) is 7.05 Å². The minimum Gasteiger partial charge on any atom is -0.493 e. The number of carbonyl (C=O) groups excluding carboxylic acids is 2. The Morgan fingerprint density at radius 3 is 2.21 bits per heavy atom. The number of hydrogen-bond donors (Lipinski definition) is 0. The van der Waals surface area contributed by atoms with E-state index in [4.69, 9.17) is 14.2 Å². The van der Waals surface area contributed by atoms with Crippen LogP contribution in [0.1, 0.15) is 34.6 Å². The van der Waals surface area contributed by atoms with E-state index in [1.807, 2.05) is 78.2 Å². The molecule has 42 heavy (non-hydrogen) atoms. The smallest absolute Gasteiger partial charge is 0.415 e. The zero-order valence-electron chi connectivity index (χ0n) is 25.0. The summed E-state index contributed by atoms with van der Waals surface area (Å²) in [7, 11) is 3.37. The summed E-state index contributed by atoms with van der Waals surface area (Å²) in [5.74, 6) is 0.605. The molecule has 220 valence electrons. The molecule has 2 aromatic heterocycles. The standard InChI is InChI=1S/C31H36N6O5/c1-19-20(2)37(30(39)42-31(3,4)5)14-13-36(19)29(38)41-26-15-22-24(16-25(26)40-7)32-18-33-28(22)23-17-35(6)34-27(23)21-11-9-8-10-12-21/h8-12,15-20H,13-14H2,1-7H3/t19-,20+/m0/s1. The van der Waals surface area contributed by atoms with Gasteiger partial charge >= 0.3 is 12.2 Å². The first-order valence-electron chi connectivity index (χ1n) is 13.9. The topological polar surface area (TPSA) is 112 Å². The lowest BCUT2D eigenvalue weighted by molar-refractivity contribution is -0.00897. The van der Waals surface area contributed by atoms with E-state index in [1.165, 1.54) is 13.4 Å². The summed E-state index contributed by atoms with van der Waals surface area (Å²) in [5.41, 5.74) is 3.22. The number of rotatable bonds is 4. The Morgan fingerprint density at radius 2 is 1.57 bits per heavy atom. The first-order valence-corrected chi connectivity index (χ1v) is 13.9. The molecule has 0 saturated carbocycles. The lowest BCUT2D eigenvalue weighted by Crippen LogP contribution is -2.61. The number of nitrogens with zero attached hydrogens (tertiary/aromatic N) is 6. The van der Waals surface area contributed by atoms with Crippen molar-refractivity contribution >= 4 is 23.1 Å². The maximum atomic E-state index is 13.5. The van der Waals surface area contributed by atoms with E-state index >= 15 is 0 Å². The lowest BCUT2D eigenvalue weighted by atomic mass is 10.0. The molecular weight excluding hydrogens is 536 g/mol. The van der Waals surface area contributed by atoms with Gasteiger partial charge in [0.25, 0.3) is 0 Å². The third kappa shape index (κ3) is 5.72. The van der Waals surface area contributed by atoms with Crippen LogP contribution < -0.4 is 9.47 Å². The van der Waals surface area contributed by atoms with Crippen molar-refractivity contribution in [3.05, 3.63) is 55.0 Å². The van der Waals surface area contributed by atoms with Gasteiger partial charge in [-0.05, 0) is 40.7 Å². The van der Waals surface area contributed by atoms with Crippen LogP contribution in [0, 0.1) is 0 Å². The van der Waals surface area contributed by atoms with E-state index in [-0.39, 0.29) is 17.8 Å². The van der Waals surface area contributed by atoms with Gasteiger partial charge in [0, 0.05) is 48.9 Å². The average molecular weight is 573 g/mol. The molecule has 2 aromatic carbocycles. The molecule has 0 unspecified atom stereocenters. The summed E-state index contributed by atoms with van der Waals surface area (Å²) < 4.78 is 18.8. The number of piperazine rings is 1. The number of hydrogen-bond acceptors (Lipinski definition) is 8. The molecule has 5 rings (SSSR count). The molecule has 1 aliphatic heterocycles. The minimum absolute atomic E-state index is 0.241. The molecule has 4 aromatic rings. The fourth-order valence-electron chi connectivity index (χ4n) is 5.12. The molecule has 11 nitrogen and oxygen atoms in total. The van der Waals surface area contributed by atoms with Crippen LogP contribution in [-0.4, -0.2) is 79.6 Å². The zero-order valence-corrected chi connectivity index (χ0v) is 25.0. The third-order valence-electron chi connectivity index (χ3n) is 7.37. The predicted molar refractivity (Wildman–Crippen MR) is 158 cm³/mol. The van der Waals surface area contributed by atoms with E-state index in [2.05, 4.69) is 15.1 Å². The van der Waals surface area contributed by atoms with Gasteiger partial charge in [-0.25, -0.2) is 19.6 Å². The van der Waals surface area contributed by atoms with Crippen molar-refractivity contribution in [3.8, 4) is 34.0 Å². The van der Waals surface area contributed by atoms with Gasteiger partial charge in [0.1, 0.15) is 17.6 Å². The highest BCUT2D eigenvalue weighted by atomic mass is 16.6. The number of methoxy groups -OCH3 is 1. The second kappa shape index (κ2) is 11.3. The summed E-state index contributed by atoms with van der Waals surface area (Å²) >= 11 is 0. The molecule has 1 aliphatic rings. The number of carbonyl (C=O) groups is 2. The monoisotopic (exact) mass is 572 g/mol. The van der Waals surface area contributed by atoms with E-state index in [0.29, 0.717) is 35.4 Å². The largest absolute Gasteiger partial charge is 0.493 e. The van der Waals surface area contributed by atoms with Gasteiger partial charge in [-0.2, -0.15) is 5.10 Å². The Bertz CT molecular complexity index is 1610. The number of ether oxygens (including phenoxy) is 3. The molecule has 2 amide bonds. The number of amides is 2. The van der Waals surface area contributed by atoms with Crippen LogP contribution in [0.4, 0.5) is 9.59 Å². The molecule has 1 saturated heterocycles. The summed E-state index contributed by atoms with van der Waals surface area (Å²) in [5, 5.41) is 5.37. The van der Waals surface area contributed by atoms with Crippen LogP contribution >= 0.6 is 0 Å².